The summed E-state index contributed by atoms with van der Waals surface area (Å²) >= 11 is 0. The van der Waals surface area contributed by atoms with E-state index in [4.69, 9.17) is 10.5 Å². The Kier molecular flexibility index (Phi) is 5.59. The maximum atomic E-state index is 13.4. The lowest BCUT2D eigenvalue weighted by Crippen LogP contribution is -2.28. The molecule has 0 unspecified atom stereocenters. The Morgan fingerprint density at radius 2 is 2.24 bits per heavy atom. The van der Waals surface area contributed by atoms with Gasteiger partial charge in [-0.2, -0.15) is 0 Å². The Morgan fingerprint density at radius 1 is 1.47 bits per heavy atom. The number of carbonyl (C=O) groups is 1. The highest BCUT2D eigenvalue weighted by atomic mass is 19.1. The average Bonchev–Trinajstić information content (AvgIpc) is 2.28. The predicted octanol–water partition coefficient (Wildman–Crippen LogP) is 0.839. The first-order valence-corrected chi connectivity index (χ1v) is 5.47. The zero-order valence-corrected chi connectivity index (χ0v) is 9.83. The third-order valence-electron chi connectivity index (χ3n) is 2.16. The van der Waals surface area contributed by atoms with E-state index in [9.17, 15) is 9.18 Å². The summed E-state index contributed by atoms with van der Waals surface area (Å²) in [4.78, 5) is 11.6. The number of carbonyl (C=O) groups excluding carboxylic acids is 1. The van der Waals surface area contributed by atoms with Crippen molar-refractivity contribution in [3.63, 3.8) is 0 Å². The van der Waals surface area contributed by atoms with Crippen molar-refractivity contribution in [1.29, 1.82) is 0 Å². The normalized spacial score (nSPS) is 10.3. The van der Waals surface area contributed by atoms with Gasteiger partial charge in [-0.05, 0) is 24.6 Å². The highest BCUT2D eigenvalue weighted by Gasteiger charge is 2.10. The van der Waals surface area contributed by atoms with Crippen LogP contribution in [0.2, 0.25) is 0 Å². The molecule has 1 aromatic rings. The van der Waals surface area contributed by atoms with E-state index >= 15 is 0 Å². The fraction of sp³-hybridized carbons (Fsp3) is 0.417. The van der Waals surface area contributed by atoms with E-state index < -0.39 is 11.7 Å². The van der Waals surface area contributed by atoms with Crippen LogP contribution in [-0.4, -0.2) is 32.2 Å². The first kappa shape index (κ1) is 13.6. The summed E-state index contributed by atoms with van der Waals surface area (Å²) in [5, 5.41) is 2.57. The van der Waals surface area contributed by atoms with Crippen molar-refractivity contribution in [1.82, 2.24) is 5.32 Å². The highest BCUT2D eigenvalue weighted by molar-refractivity contribution is 5.94. The number of amides is 1. The van der Waals surface area contributed by atoms with Gasteiger partial charge in [-0.15, -0.1) is 0 Å². The van der Waals surface area contributed by atoms with Crippen LogP contribution < -0.4 is 11.1 Å². The van der Waals surface area contributed by atoms with Gasteiger partial charge in [0.2, 0.25) is 0 Å². The molecule has 94 valence electrons. The van der Waals surface area contributed by atoms with Crippen LogP contribution in [-0.2, 0) is 4.74 Å². The van der Waals surface area contributed by atoms with Crippen LogP contribution in [0.4, 0.5) is 4.39 Å². The molecular weight excluding hydrogens is 223 g/mol. The number of nitrogens with one attached hydrogen (secondary N) is 1. The summed E-state index contributed by atoms with van der Waals surface area (Å²) in [7, 11) is 0. The largest absolute Gasteiger partial charge is 0.378 e. The Balaban J connectivity index is 2.42. The SMILES string of the molecule is Cc1ccc(C(=O)NCCOCCN)c(F)c1. The molecule has 0 spiro atoms. The maximum absolute atomic E-state index is 13.4. The Bertz CT molecular complexity index is 383. The fourth-order valence-corrected chi connectivity index (χ4v) is 1.32. The fourth-order valence-electron chi connectivity index (χ4n) is 1.32. The summed E-state index contributed by atoms with van der Waals surface area (Å²) in [5.74, 6) is -0.941. The number of halogens is 1. The molecule has 0 aliphatic rings. The third kappa shape index (κ3) is 4.50. The van der Waals surface area contributed by atoms with Crippen LogP contribution in [0, 0.1) is 12.7 Å². The van der Waals surface area contributed by atoms with Crippen LogP contribution >= 0.6 is 0 Å². The van der Waals surface area contributed by atoms with Crippen molar-refractivity contribution in [3.05, 3.63) is 35.1 Å². The van der Waals surface area contributed by atoms with Gasteiger partial charge < -0.3 is 15.8 Å². The molecule has 0 atom stereocenters. The van der Waals surface area contributed by atoms with Gasteiger partial charge in [0.1, 0.15) is 5.82 Å². The topological polar surface area (TPSA) is 64.3 Å². The molecule has 5 heteroatoms. The molecule has 1 amide bonds. The molecule has 0 aliphatic heterocycles. The summed E-state index contributed by atoms with van der Waals surface area (Å²) in [6.45, 7) is 3.38. The van der Waals surface area contributed by atoms with Gasteiger partial charge in [-0.25, -0.2) is 4.39 Å². The lowest BCUT2D eigenvalue weighted by atomic mass is 10.1. The second-order valence-corrected chi connectivity index (χ2v) is 3.64. The minimum absolute atomic E-state index is 0.0504. The standard InChI is InChI=1S/C12H17FN2O2/c1-9-2-3-10(11(13)8-9)12(16)15-5-7-17-6-4-14/h2-3,8H,4-7,14H2,1H3,(H,15,16). The second kappa shape index (κ2) is 6.98. The molecule has 0 aromatic heterocycles. The summed E-state index contributed by atoms with van der Waals surface area (Å²) in [5.41, 5.74) is 6.07. The molecular formula is C12H17FN2O2. The highest BCUT2D eigenvalue weighted by Crippen LogP contribution is 2.09. The Labute approximate surface area is 100.0 Å². The van der Waals surface area contributed by atoms with Crippen LogP contribution in [0.25, 0.3) is 0 Å². The van der Waals surface area contributed by atoms with Crippen molar-refractivity contribution < 1.29 is 13.9 Å². The molecule has 0 radical (unpaired) electrons. The minimum atomic E-state index is -0.509. The molecule has 0 aliphatic carbocycles. The van der Waals surface area contributed by atoms with Gasteiger partial charge >= 0.3 is 0 Å². The molecule has 4 nitrogen and oxygen atoms in total. The van der Waals surface area contributed by atoms with Crippen LogP contribution in [0.1, 0.15) is 15.9 Å². The Hall–Kier alpha value is -1.46. The number of aryl methyl sites for hydroxylation is 1. The molecule has 0 bridgehead atoms. The van der Waals surface area contributed by atoms with Crippen LogP contribution in [0.5, 0.6) is 0 Å². The first-order chi connectivity index (χ1) is 8.15. The predicted molar refractivity (Wildman–Crippen MR) is 63.3 cm³/mol. The summed E-state index contributed by atoms with van der Waals surface area (Å²) in [6, 6.07) is 4.50. The van der Waals surface area contributed by atoms with Gasteiger partial charge in [0.05, 0.1) is 18.8 Å². The zero-order valence-electron chi connectivity index (χ0n) is 9.83. The number of nitrogens with two attached hydrogens (primary N) is 1. The minimum Gasteiger partial charge on any atom is -0.378 e. The molecule has 1 aromatic carbocycles. The number of hydrogen-bond donors (Lipinski definition) is 2. The molecule has 3 N–H and O–H groups in total. The van der Waals surface area contributed by atoms with Crippen molar-refractivity contribution in [3.8, 4) is 0 Å². The number of hydrogen-bond acceptors (Lipinski definition) is 3. The molecule has 0 saturated heterocycles. The first-order valence-electron chi connectivity index (χ1n) is 5.47. The van der Waals surface area contributed by atoms with E-state index in [-0.39, 0.29) is 5.56 Å². The van der Waals surface area contributed by atoms with Gasteiger partial charge in [0.25, 0.3) is 5.91 Å². The Morgan fingerprint density at radius 3 is 2.88 bits per heavy atom. The second-order valence-electron chi connectivity index (χ2n) is 3.64. The van der Waals surface area contributed by atoms with E-state index in [1.165, 1.54) is 12.1 Å². The van der Waals surface area contributed by atoms with Crippen molar-refractivity contribution in [2.45, 2.75) is 6.92 Å². The van der Waals surface area contributed by atoms with Crippen molar-refractivity contribution in [2.24, 2.45) is 5.73 Å². The molecule has 0 fully saturated rings. The molecule has 17 heavy (non-hydrogen) atoms. The van der Waals surface area contributed by atoms with E-state index in [0.717, 1.165) is 5.56 Å². The zero-order chi connectivity index (χ0) is 12.7. The van der Waals surface area contributed by atoms with E-state index in [2.05, 4.69) is 5.32 Å². The van der Waals surface area contributed by atoms with Crippen molar-refractivity contribution in [2.75, 3.05) is 26.3 Å². The van der Waals surface area contributed by atoms with Gasteiger partial charge in [-0.1, -0.05) is 6.07 Å². The summed E-state index contributed by atoms with van der Waals surface area (Å²) in [6.07, 6.45) is 0. The molecule has 0 saturated carbocycles. The smallest absolute Gasteiger partial charge is 0.254 e. The van der Waals surface area contributed by atoms with Crippen LogP contribution in [0.15, 0.2) is 18.2 Å². The number of benzene rings is 1. The van der Waals surface area contributed by atoms with Crippen molar-refractivity contribution >= 4 is 5.91 Å². The lowest BCUT2D eigenvalue weighted by Gasteiger charge is -2.07. The quantitative estimate of drug-likeness (QED) is 0.724. The maximum Gasteiger partial charge on any atom is 0.254 e. The van der Waals surface area contributed by atoms with Crippen LogP contribution in [0.3, 0.4) is 0 Å². The lowest BCUT2D eigenvalue weighted by molar-refractivity contribution is 0.0916. The average molecular weight is 240 g/mol. The monoisotopic (exact) mass is 240 g/mol. The van der Waals surface area contributed by atoms with E-state index in [1.807, 2.05) is 0 Å². The molecule has 0 heterocycles. The number of ether oxygens (including phenoxy) is 1. The van der Waals surface area contributed by atoms with Gasteiger partial charge in [0.15, 0.2) is 0 Å². The van der Waals surface area contributed by atoms with Gasteiger partial charge in [-0.3, -0.25) is 4.79 Å². The molecule has 1 rings (SSSR count). The number of rotatable bonds is 6. The van der Waals surface area contributed by atoms with Gasteiger partial charge in [0, 0.05) is 13.1 Å². The van der Waals surface area contributed by atoms with E-state index in [1.54, 1.807) is 13.0 Å². The van der Waals surface area contributed by atoms with E-state index in [0.29, 0.717) is 26.3 Å². The summed E-state index contributed by atoms with van der Waals surface area (Å²) < 4.78 is 18.5. The third-order valence-corrected chi connectivity index (χ3v) is 2.16.